The van der Waals surface area contributed by atoms with Crippen LogP contribution in [0.4, 0.5) is 0 Å². The van der Waals surface area contributed by atoms with E-state index in [2.05, 4.69) is 13.8 Å². The molecule has 0 spiro atoms. The quantitative estimate of drug-likeness (QED) is 0.482. The summed E-state index contributed by atoms with van der Waals surface area (Å²) < 4.78 is 17.5. The Morgan fingerprint density at radius 2 is 1.93 bits per heavy atom. The van der Waals surface area contributed by atoms with E-state index >= 15 is 0 Å². The second kappa shape index (κ2) is 9.02. The van der Waals surface area contributed by atoms with Gasteiger partial charge in [0.05, 0.1) is 24.8 Å². The van der Waals surface area contributed by atoms with Gasteiger partial charge in [-0.3, -0.25) is 4.90 Å². The Morgan fingerprint density at radius 3 is 2.70 bits per heavy atom. The number of ether oxygens (including phenoxy) is 2. The van der Waals surface area contributed by atoms with Crippen LogP contribution in [0, 0.1) is 6.92 Å². The molecule has 1 unspecified atom stereocenters. The Bertz CT molecular complexity index is 1070. The van der Waals surface area contributed by atoms with Crippen molar-refractivity contribution < 1.29 is 18.8 Å². The monoisotopic (exact) mass is 408 g/mol. The molecule has 1 aromatic heterocycles. The van der Waals surface area contributed by atoms with Crippen LogP contribution in [-0.4, -0.2) is 26.0 Å². The molecule has 0 aliphatic carbocycles. The molecule has 158 valence electrons. The zero-order valence-electron chi connectivity index (χ0n) is 18.0. The number of rotatable bonds is 7. The Hall–Kier alpha value is -2.63. The number of aryl methyl sites for hydroxylation is 1. The summed E-state index contributed by atoms with van der Waals surface area (Å²) >= 11 is 0. The molecule has 2 heterocycles. The minimum absolute atomic E-state index is 0.254. The van der Waals surface area contributed by atoms with Crippen molar-refractivity contribution in [3.05, 3.63) is 75.1 Å². The number of hydrogen-bond donors (Lipinski definition) is 1. The van der Waals surface area contributed by atoms with Crippen LogP contribution in [0.2, 0.25) is 0 Å². The van der Waals surface area contributed by atoms with Gasteiger partial charge in [-0.15, -0.1) is 0 Å². The van der Waals surface area contributed by atoms with Gasteiger partial charge in [0, 0.05) is 23.8 Å². The lowest BCUT2D eigenvalue weighted by atomic mass is 9.98. The van der Waals surface area contributed by atoms with Gasteiger partial charge in [0.15, 0.2) is 5.58 Å². The van der Waals surface area contributed by atoms with Gasteiger partial charge in [0.2, 0.25) is 6.73 Å². The molecule has 2 aromatic carbocycles. The summed E-state index contributed by atoms with van der Waals surface area (Å²) in [6, 6.07) is 14.1. The van der Waals surface area contributed by atoms with Crippen LogP contribution in [-0.2, 0) is 17.7 Å². The molecule has 1 atom stereocenters. The fourth-order valence-electron chi connectivity index (χ4n) is 4.08. The molecule has 0 saturated heterocycles. The first-order valence-corrected chi connectivity index (χ1v) is 10.7. The molecule has 1 N–H and O–H groups in total. The second-order valence-corrected chi connectivity index (χ2v) is 8.31. The van der Waals surface area contributed by atoms with Crippen molar-refractivity contribution in [1.82, 2.24) is 0 Å². The lowest BCUT2D eigenvalue weighted by Crippen LogP contribution is -3.12. The maximum absolute atomic E-state index is 12.9. The fraction of sp³-hybridized carbons (Fsp3) is 0.400. The molecule has 0 radical (unpaired) electrons. The van der Waals surface area contributed by atoms with Crippen molar-refractivity contribution in [2.45, 2.75) is 46.3 Å². The van der Waals surface area contributed by atoms with E-state index in [1.54, 1.807) is 0 Å². The van der Waals surface area contributed by atoms with Gasteiger partial charge in [-0.25, -0.2) is 4.79 Å². The first-order chi connectivity index (χ1) is 14.5. The number of benzene rings is 2. The van der Waals surface area contributed by atoms with Crippen molar-refractivity contribution in [1.29, 1.82) is 0 Å². The minimum atomic E-state index is -0.255. The predicted octanol–water partition coefficient (Wildman–Crippen LogP) is 3.24. The average Bonchev–Trinajstić information content (AvgIpc) is 2.74. The van der Waals surface area contributed by atoms with Gasteiger partial charge >= 0.3 is 5.63 Å². The lowest BCUT2D eigenvalue weighted by molar-refractivity contribution is -0.932. The van der Waals surface area contributed by atoms with Gasteiger partial charge in [-0.1, -0.05) is 30.3 Å². The average molecular weight is 409 g/mol. The first kappa shape index (κ1) is 20.6. The van der Waals surface area contributed by atoms with Crippen LogP contribution >= 0.6 is 0 Å². The van der Waals surface area contributed by atoms with Gasteiger partial charge in [-0.2, -0.15) is 0 Å². The van der Waals surface area contributed by atoms with E-state index in [0.717, 1.165) is 59.5 Å². The molecular formula is C25H30NO4+. The standard InChI is InChI=1S/C25H29NO4/c1-17(2)28-13-7-12-26-15-22-23(29-16-26)11-10-20-18(3)21(25(27)30-24(20)22)14-19-8-5-4-6-9-19/h4-6,8-11,17H,7,12-16H2,1-3H3/p+1. The van der Waals surface area contributed by atoms with Crippen LogP contribution in [0.15, 0.2) is 51.7 Å². The second-order valence-electron chi connectivity index (χ2n) is 8.31. The summed E-state index contributed by atoms with van der Waals surface area (Å²) in [6.45, 7) is 9.23. The van der Waals surface area contributed by atoms with E-state index in [9.17, 15) is 4.79 Å². The summed E-state index contributed by atoms with van der Waals surface area (Å²) in [7, 11) is 0. The van der Waals surface area contributed by atoms with Crippen LogP contribution < -0.4 is 15.3 Å². The Morgan fingerprint density at radius 1 is 1.13 bits per heavy atom. The van der Waals surface area contributed by atoms with E-state index in [4.69, 9.17) is 13.9 Å². The molecular weight excluding hydrogens is 378 g/mol. The highest BCUT2D eigenvalue weighted by molar-refractivity contribution is 5.85. The summed E-state index contributed by atoms with van der Waals surface area (Å²) in [4.78, 5) is 14.2. The number of nitrogens with one attached hydrogen (secondary N) is 1. The zero-order valence-corrected chi connectivity index (χ0v) is 18.0. The minimum Gasteiger partial charge on any atom is -0.445 e. The van der Waals surface area contributed by atoms with Gasteiger partial charge < -0.3 is 13.9 Å². The molecule has 1 aliphatic rings. The van der Waals surface area contributed by atoms with Crippen molar-refractivity contribution in [3.63, 3.8) is 0 Å². The highest BCUT2D eigenvalue weighted by atomic mass is 16.5. The third-order valence-electron chi connectivity index (χ3n) is 5.72. The summed E-state index contributed by atoms with van der Waals surface area (Å²) in [5.74, 6) is 0.822. The van der Waals surface area contributed by atoms with Crippen molar-refractivity contribution in [3.8, 4) is 5.75 Å². The first-order valence-electron chi connectivity index (χ1n) is 10.7. The van der Waals surface area contributed by atoms with E-state index < -0.39 is 0 Å². The Balaban J connectivity index is 1.60. The highest BCUT2D eigenvalue weighted by Gasteiger charge is 2.25. The highest BCUT2D eigenvalue weighted by Crippen LogP contribution is 2.31. The Kier molecular flexibility index (Phi) is 6.21. The molecule has 3 aromatic rings. The number of fused-ring (bicyclic) bond motifs is 3. The van der Waals surface area contributed by atoms with E-state index in [1.807, 2.05) is 49.4 Å². The molecule has 30 heavy (non-hydrogen) atoms. The fourth-order valence-corrected chi connectivity index (χ4v) is 4.08. The van der Waals surface area contributed by atoms with Crippen LogP contribution in [0.1, 0.15) is 42.5 Å². The maximum atomic E-state index is 12.9. The molecule has 1 aliphatic heterocycles. The van der Waals surface area contributed by atoms with Crippen LogP contribution in [0.5, 0.6) is 5.75 Å². The SMILES string of the molecule is Cc1c(Cc2ccccc2)c(=O)oc2c3c(ccc12)OC[NH+](CCCOC(C)C)C3. The van der Waals surface area contributed by atoms with Crippen LogP contribution in [0.3, 0.4) is 0 Å². The molecule has 5 nitrogen and oxygen atoms in total. The van der Waals surface area contributed by atoms with Crippen molar-refractivity contribution in [2.24, 2.45) is 0 Å². The van der Waals surface area contributed by atoms with Crippen LogP contribution in [0.25, 0.3) is 11.0 Å². The topological polar surface area (TPSA) is 53.1 Å². The lowest BCUT2D eigenvalue weighted by Gasteiger charge is -2.26. The Labute approximate surface area is 177 Å². The molecule has 0 amide bonds. The smallest absolute Gasteiger partial charge is 0.340 e. The molecule has 4 rings (SSSR count). The van der Waals surface area contributed by atoms with E-state index in [0.29, 0.717) is 18.7 Å². The number of quaternary nitrogens is 1. The zero-order chi connectivity index (χ0) is 21.1. The van der Waals surface area contributed by atoms with Crippen molar-refractivity contribution in [2.75, 3.05) is 19.9 Å². The third-order valence-corrected chi connectivity index (χ3v) is 5.72. The van der Waals surface area contributed by atoms with Gasteiger partial charge in [0.25, 0.3) is 0 Å². The maximum Gasteiger partial charge on any atom is 0.340 e. The molecule has 5 heteroatoms. The summed E-state index contributed by atoms with van der Waals surface area (Å²) in [5, 5.41) is 0.993. The molecule has 0 saturated carbocycles. The van der Waals surface area contributed by atoms with E-state index in [-0.39, 0.29) is 11.7 Å². The van der Waals surface area contributed by atoms with E-state index in [1.165, 1.54) is 4.90 Å². The summed E-state index contributed by atoms with van der Waals surface area (Å²) in [5.41, 5.74) is 4.22. The molecule has 0 bridgehead atoms. The molecule has 0 fully saturated rings. The summed E-state index contributed by atoms with van der Waals surface area (Å²) in [6.07, 6.45) is 1.80. The predicted molar refractivity (Wildman–Crippen MR) is 117 cm³/mol. The largest absolute Gasteiger partial charge is 0.445 e. The third kappa shape index (κ3) is 4.42. The normalized spacial score (nSPS) is 15.9. The van der Waals surface area contributed by atoms with Crippen molar-refractivity contribution >= 4 is 11.0 Å². The van der Waals surface area contributed by atoms with Gasteiger partial charge in [-0.05, 0) is 44.0 Å². The number of hydrogen-bond acceptors (Lipinski definition) is 4. The van der Waals surface area contributed by atoms with Gasteiger partial charge in [0.1, 0.15) is 12.3 Å².